The molecule has 3 heterocycles. The van der Waals surface area contributed by atoms with Crippen LogP contribution in [0.1, 0.15) is 5.56 Å². The van der Waals surface area contributed by atoms with Crippen LogP contribution in [0.4, 0.5) is 0 Å². The molecule has 3 aromatic heterocycles. The fraction of sp³-hybridized carbons (Fsp3) is 0. The number of halogens is 3. The molecule has 0 radical (unpaired) electrons. The number of aromatic nitrogens is 3. The van der Waals surface area contributed by atoms with E-state index in [1.54, 1.807) is 24.4 Å². The summed E-state index contributed by atoms with van der Waals surface area (Å²) in [6.07, 6.45) is 3.37. The maximum absolute atomic E-state index is 12.7. The minimum absolute atomic E-state index is 0.168. The number of benzene rings is 1. The zero-order valence-corrected chi connectivity index (χ0v) is 15.2. The zero-order chi connectivity index (χ0) is 16.1. The van der Waals surface area contributed by atoms with Gasteiger partial charge in [-0.1, -0.05) is 46.7 Å². The van der Waals surface area contributed by atoms with E-state index < -0.39 is 0 Å². The average Bonchev–Trinajstić information content (AvgIpc) is 3.00. The van der Waals surface area contributed by atoms with Crippen molar-refractivity contribution in [3.63, 3.8) is 0 Å². The Morgan fingerprint density at radius 3 is 2.96 bits per heavy atom. The van der Waals surface area contributed by atoms with E-state index in [0.717, 1.165) is 4.47 Å². The molecule has 1 aromatic carbocycles. The largest absolute Gasteiger partial charge is 0.276 e. The number of hydrogen-bond donors (Lipinski definition) is 0. The highest BCUT2D eigenvalue weighted by Crippen LogP contribution is 2.26. The van der Waals surface area contributed by atoms with Crippen molar-refractivity contribution >= 4 is 72.7 Å². The van der Waals surface area contributed by atoms with Gasteiger partial charge in [0.05, 0.1) is 14.6 Å². The number of thiazole rings is 1. The minimum Gasteiger partial charge on any atom is -0.267 e. The second-order valence-electron chi connectivity index (χ2n) is 4.78. The smallest absolute Gasteiger partial charge is 0.267 e. The number of fused-ring (bicyclic) bond motifs is 3. The van der Waals surface area contributed by atoms with Gasteiger partial charge in [0.1, 0.15) is 5.52 Å². The quantitative estimate of drug-likeness (QED) is 0.463. The van der Waals surface area contributed by atoms with Crippen LogP contribution >= 0.6 is 50.5 Å². The molecule has 4 aromatic rings. The number of imidazole rings is 1. The van der Waals surface area contributed by atoms with Crippen LogP contribution in [-0.2, 0) is 0 Å². The van der Waals surface area contributed by atoms with Gasteiger partial charge in [0.15, 0.2) is 10.6 Å². The molecule has 0 N–H and O–H groups in total. The summed E-state index contributed by atoms with van der Waals surface area (Å²) < 4.78 is 2.86. The predicted molar refractivity (Wildman–Crippen MR) is 97.6 cm³/mol. The van der Waals surface area contributed by atoms with Crippen LogP contribution in [0.3, 0.4) is 0 Å². The van der Waals surface area contributed by atoms with Crippen molar-refractivity contribution in [2.24, 2.45) is 0 Å². The Morgan fingerprint density at radius 1 is 1.30 bits per heavy atom. The van der Waals surface area contributed by atoms with Gasteiger partial charge in [-0.3, -0.25) is 4.79 Å². The van der Waals surface area contributed by atoms with Crippen molar-refractivity contribution in [1.29, 1.82) is 0 Å². The molecule has 0 spiro atoms. The van der Waals surface area contributed by atoms with E-state index in [9.17, 15) is 4.79 Å². The summed E-state index contributed by atoms with van der Waals surface area (Å²) >= 11 is 16.8. The Balaban J connectivity index is 2.02. The molecule has 0 aliphatic rings. The van der Waals surface area contributed by atoms with E-state index in [4.69, 9.17) is 23.2 Å². The summed E-state index contributed by atoms with van der Waals surface area (Å²) in [5.41, 5.74) is 1.75. The molecule has 114 valence electrons. The first-order valence-corrected chi connectivity index (χ1v) is 8.83. The van der Waals surface area contributed by atoms with Crippen molar-refractivity contribution in [1.82, 2.24) is 14.4 Å². The summed E-state index contributed by atoms with van der Waals surface area (Å²) in [5, 5.41) is 0.873. The second kappa shape index (κ2) is 5.56. The Bertz CT molecular complexity index is 1190. The van der Waals surface area contributed by atoms with Crippen molar-refractivity contribution < 1.29 is 0 Å². The average molecular weight is 427 g/mol. The van der Waals surface area contributed by atoms with Crippen LogP contribution in [0.5, 0.6) is 0 Å². The Kier molecular flexibility index (Phi) is 3.65. The third-order valence-corrected chi connectivity index (χ3v) is 5.55. The van der Waals surface area contributed by atoms with Gasteiger partial charge in [-0.2, -0.15) is 0 Å². The molecule has 0 aliphatic carbocycles. The lowest BCUT2D eigenvalue weighted by atomic mass is 10.2. The van der Waals surface area contributed by atoms with Crippen molar-refractivity contribution in [2.75, 3.05) is 0 Å². The van der Waals surface area contributed by atoms with Crippen LogP contribution < -0.4 is 10.1 Å². The van der Waals surface area contributed by atoms with Crippen molar-refractivity contribution in [3.8, 4) is 0 Å². The van der Waals surface area contributed by atoms with Gasteiger partial charge in [0.25, 0.3) is 5.56 Å². The van der Waals surface area contributed by atoms with Gasteiger partial charge in [0, 0.05) is 10.7 Å². The standard InChI is InChI=1S/C15H6BrCl2N3OS/c16-8-5-10-13(19-6-8)21-14(22)11(23-15(21)20-10)4-7-2-1-3-9(17)12(7)18/h1-6H/b11-4+. The van der Waals surface area contributed by atoms with Gasteiger partial charge < -0.3 is 0 Å². The first-order valence-electron chi connectivity index (χ1n) is 6.47. The molecule has 0 saturated carbocycles. The monoisotopic (exact) mass is 425 g/mol. The first-order chi connectivity index (χ1) is 11.0. The normalized spacial score (nSPS) is 12.6. The third-order valence-electron chi connectivity index (χ3n) is 3.32. The van der Waals surface area contributed by atoms with Crippen molar-refractivity contribution in [2.45, 2.75) is 0 Å². The molecule has 4 rings (SSSR count). The fourth-order valence-electron chi connectivity index (χ4n) is 2.29. The highest BCUT2D eigenvalue weighted by atomic mass is 79.9. The van der Waals surface area contributed by atoms with E-state index in [1.165, 1.54) is 15.7 Å². The molecule has 0 atom stereocenters. The summed E-state index contributed by atoms with van der Waals surface area (Å²) in [6.45, 7) is 0. The lowest BCUT2D eigenvalue weighted by Crippen LogP contribution is -2.23. The van der Waals surface area contributed by atoms with Crippen LogP contribution in [0.25, 0.3) is 22.2 Å². The highest BCUT2D eigenvalue weighted by molar-refractivity contribution is 9.10. The van der Waals surface area contributed by atoms with Crippen LogP contribution in [0.2, 0.25) is 10.0 Å². The lowest BCUT2D eigenvalue weighted by Gasteiger charge is -1.98. The number of hydrogen-bond acceptors (Lipinski definition) is 4. The summed E-state index contributed by atoms with van der Waals surface area (Å²) in [7, 11) is 0. The third kappa shape index (κ3) is 2.46. The van der Waals surface area contributed by atoms with Crippen LogP contribution in [0, 0.1) is 0 Å². The summed E-state index contributed by atoms with van der Waals surface area (Å²) in [6, 6.07) is 7.13. The Morgan fingerprint density at radius 2 is 2.13 bits per heavy atom. The number of pyridine rings is 1. The Hall–Kier alpha value is -1.47. The van der Waals surface area contributed by atoms with E-state index in [2.05, 4.69) is 25.9 Å². The summed E-state index contributed by atoms with van der Waals surface area (Å²) in [5.74, 6) is 0. The number of nitrogens with zero attached hydrogens (tertiary/aromatic N) is 3. The van der Waals surface area contributed by atoms with Gasteiger partial charge in [0.2, 0.25) is 0 Å². The highest BCUT2D eigenvalue weighted by Gasteiger charge is 2.13. The molecule has 0 unspecified atom stereocenters. The molecular formula is C15H6BrCl2N3OS. The summed E-state index contributed by atoms with van der Waals surface area (Å²) in [4.78, 5) is 22.0. The SMILES string of the molecule is O=c1/c(=C\c2cccc(Cl)c2Cl)sc2nc3cc(Br)cnc3n12. The second-order valence-corrected chi connectivity index (χ2v) is 7.49. The van der Waals surface area contributed by atoms with Gasteiger partial charge in [-0.25, -0.2) is 14.4 Å². The van der Waals surface area contributed by atoms with Gasteiger partial charge in [-0.05, 0) is 39.7 Å². The fourth-order valence-corrected chi connectivity index (χ4v) is 3.94. The van der Waals surface area contributed by atoms with E-state index in [-0.39, 0.29) is 5.56 Å². The van der Waals surface area contributed by atoms with Gasteiger partial charge in [-0.15, -0.1) is 0 Å². The van der Waals surface area contributed by atoms with Crippen LogP contribution in [-0.4, -0.2) is 14.4 Å². The number of rotatable bonds is 1. The minimum atomic E-state index is -0.168. The van der Waals surface area contributed by atoms with E-state index in [1.807, 2.05) is 12.1 Å². The maximum Gasteiger partial charge on any atom is 0.276 e. The lowest BCUT2D eigenvalue weighted by molar-refractivity contribution is 1.15. The molecule has 0 aliphatic heterocycles. The van der Waals surface area contributed by atoms with Gasteiger partial charge >= 0.3 is 0 Å². The zero-order valence-electron chi connectivity index (χ0n) is 11.3. The topological polar surface area (TPSA) is 47.3 Å². The predicted octanol–water partition coefficient (Wildman–Crippen LogP) is 3.92. The van der Waals surface area contributed by atoms with Crippen LogP contribution in [0.15, 0.2) is 39.7 Å². The van der Waals surface area contributed by atoms with Crippen molar-refractivity contribution in [3.05, 3.63) is 65.4 Å². The molecule has 8 heteroatoms. The molecule has 0 bridgehead atoms. The maximum atomic E-state index is 12.7. The molecule has 0 amide bonds. The molecule has 0 saturated heterocycles. The molecule has 23 heavy (non-hydrogen) atoms. The Labute approximate surface area is 152 Å². The molecular weight excluding hydrogens is 421 g/mol. The van der Waals surface area contributed by atoms with E-state index in [0.29, 0.717) is 36.3 Å². The van der Waals surface area contributed by atoms with E-state index >= 15 is 0 Å². The first kappa shape index (κ1) is 15.1. The molecule has 4 nitrogen and oxygen atoms in total. The molecule has 0 fully saturated rings.